The van der Waals surface area contributed by atoms with E-state index in [4.69, 9.17) is 11.6 Å². The highest BCUT2D eigenvalue weighted by Crippen LogP contribution is 2.32. The molecule has 0 radical (unpaired) electrons. The van der Waals surface area contributed by atoms with Crippen LogP contribution in [0, 0.1) is 0 Å². The van der Waals surface area contributed by atoms with Crippen LogP contribution >= 0.6 is 54.8 Å². The van der Waals surface area contributed by atoms with E-state index < -0.39 is 10.0 Å². The molecule has 18 heavy (non-hydrogen) atoms. The van der Waals surface area contributed by atoms with Crippen molar-refractivity contribution >= 4 is 70.5 Å². The van der Waals surface area contributed by atoms with E-state index in [1.165, 1.54) is 0 Å². The molecule has 2 aromatic rings. The van der Waals surface area contributed by atoms with Crippen molar-refractivity contribution in [2.24, 2.45) is 0 Å². The Morgan fingerprint density at radius 1 is 1.17 bits per heavy atom. The van der Waals surface area contributed by atoms with Gasteiger partial charge in [0, 0.05) is 14.0 Å². The summed E-state index contributed by atoms with van der Waals surface area (Å²) in [6.45, 7) is 0. The summed E-state index contributed by atoms with van der Waals surface area (Å²) in [4.78, 5) is 0. The first kappa shape index (κ1) is 14.3. The summed E-state index contributed by atoms with van der Waals surface area (Å²) < 4.78 is 28.2. The fourth-order valence-corrected chi connectivity index (χ4v) is 5.57. The summed E-state index contributed by atoms with van der Waals surface area (Å²) in [5.74, 6) is 0. The molecule has 1 aromatic heterocycles. The highest BCUT2D eigenvalue weighted by Gasteiger charge is 2.20. The molecule has 0 amide bonds. The van der Waals surface area contributed by atoms with Crippen LogP contribution in [0.25, 0.3) is 0 Å². The number of benzene rings is 1. The van der Waals surface area contributed by atoms with Crippen molar-refractivity contribution < 1.29 is 8.42 Å². The zero-order valence-corrected chi connectivity index (χ0v) is 14.2. The van der Waals surface area contributed by atoms with E-state index in [9.17, 15) is 8.42 Å². The second-order valence-electron chi connectivity index (χ2n) is 3.29. The van der Waals surface area contributed by atoms with Gasteiger partial charge in [-0.15, -0.1) is 11.3 Å². The standard InChI is InChI=1S/C10H6Br2ClNO2S2/c11-7-3-4-17-10(7)18(15,16)14-9-2-1-6(13)5-8(9)12/h1-5,14H. The minimum Gasteiger partial charge on any atom is -0.278 e. The van der Waals surface area contributed by atoms with E-state index in [0.717, 1.165) is 11.3 Å². The maximum Gasteiger partial charge on any atom is 0.272 e. The van der Waals surface area contributed by atoms with Crippen molar-refractivity contribution in [2.75, 3.05) is 4.72 Å². The van der Waals surface area contributed by atoms with E-state index in [-0.39, 0.29) is 4.21 Å². The Balaban J connectivity index is 2.37. The Hall–Kier alpha value is -0.0800. The second-order valence-corrected chi connectivity index (χ2v) is 8.22. The largest absolute Gasteiger partial charge is 0.278 e. The van der Waals surface area contributed by atoms with Gasteiger partial charge in [0.25, 0.3) is 10.0 Å². The maximum absolute atomic E-state index is 12.1. The molecule has 0 bridgehead atoms. The van der Waals surface area contributed by atoms with Gasteiger partial charge in [-0.1, -0.05) is 11.6 Å². The molecule has 0 aliphatic heterocycles. The number of sulfonamides is 1. The molecule has 3 nitrogen and oxygen atoms in total. The van der Waals surface area contributed by atoms with Gasteiger partial charge in [-0.05, 0) is 61.5 Å². The SMILES string of the molecule is O=S(=O)(Nc1ccc(Cl)cc1Br)c1sccc1Br. The van der Waals surface area contributed by atoms with Gasteiger partial charge in [0.2, 0.25) is 0 Å². The van der Waals surface area contributed by atoms with Gasteiger partial charge in [0.05, 0.1) is 5.69 Å². The molecule has 1 heterocycles. The highest BCUT2D eigenvalue weighted by atomic mass is 79.9. The lowest BCUT2D eigenvalue weighted by Crippen LogP contribution is -2.12. The molecule has 0 aliphatic carbocycles. The average Bonchev–Trinajstić information content (AvgIpc) is 2.69. The zero-order valence-electron chi connectivity index (χ0n) is 8.65. The molecule has 0 atom stereocenters. The van der Waals surface area contributed by atoms with Crippen LogP contribution < -0.4 is 4.72 Å². The van der Waals surface area contributed by atoms with Gasteiger partial charge in [-0.2, -0.15) is 0 Å². The van der Waals surface area contributed by atoms with Crippen molar-refractivity contribution in [1.82, 2.24) is 0 Å². The van der Waals surface area contributed by atoms with Crippen molar-refractivity contribution in [1.29, 1.82) is 0 Å². The molecule has 8 heteroatoms. The highest BCUT2D eigenvalue weighted by molar-refractivity contribution is 9.11. The minimum absolute atomic E-state index is 0.240. The molecule has 0 fully saturated rings. The molecule has 1 aromatic carbocycles. The number of nitrogens with one attached hydrogen (secondary N) is 1. The zero-order chi connectivity index (χ0) is 13.3. The van der Waals surface area contributed by atoms with Gasteiger partial charge in [-0.25, -0.2) is 8.42 Å². The van der Waals surface area contributed by atoms with Gasteiger partial charge in [-0.3, -0.25) is 4.72 Å². The molecule has 0 saturated heterocycles. The topological polar surface area (TPSA) is 46.2 Å². The lowest BCUT2D eigenvalue weighted by atomic mass is 10.3. The van der Waals surface area contributed by atoms with Crippen LogP contribution in [0.5, 0.6) is 0 Å². The lowest BCUT2D eigenvalue weighted by Gasteiger charge is -2.09. The number of thiophene rings is 1. The lowest BCUT2D eigenvalue weighted by molar-refractivity contribution is 0.603. The number of hydrogen-bond acceptors (Lipinski definition) is 3. The van der Waals surface area contributed by atoms with Crippen LogP contribution in [0.3, 0.4) is 0 Å². The van der Waals surface area contributed by atoms with E-state index >= 15 is 0 Å². The average molecular weight is 432 g/mol. The first-order valence-corrected chi connectivity index (χ1v) is 8.94. The summed E-state index contributed by atoms with van der Waals surface area (Å²) in [7, 11) is -3.59. The van der Waals surface area contributed by atoms with Crippen LogP contribution in [0.1, 0.15) is 0 Å². The first-order valence-electron chi connectivity index (χ1n) is 4.61. The van der Waals surface area contributed by atoms with E-state index in [1.807, 2.05) is 0 Å². The molecule has 0 aliphatic rings. The fourth-order valence-electron chi connectivity index (χ4n) is 1.23. The number of hydrogen-bond donors (Lipinski definition) is 1. The minimum atomic E-state index is -3.59. The molecule has 0 saturated carbocycles. The summed E-state index contributed by atoms with van der Waals surface area (Å²) in [5, 5.41) is 2.23. The van der Waals surface area contributed by atoms with Gasteiger partial charge in [0.1, 0.15) is 0 Å². The van der Waals surface area contributed by atoms with E-state index in [1.54, 1.807) is 29.6 Å². The third kappa shape index (κ3) is 3.08. The molecule has 1 N–H and O–H groups in total. The van der Waals surface area contributed by atoms with Crippen LogP contribution in [-0.2, 0) is 10.0 Å². The summed E-state index contributed by atoms with van der Waals surface area (Å²) in [6.07, 6.45) is 0. The molecule has 96 valence electrons. The third-order valence-electron chi connectivity index (χ3n) is 2.00. The monoisotopic (exact) mass is 429 g/mol. The molecular weight excluding hydrogens is 426 g/mol. The van der Waals surface area contributed by atoms with Crippen LogP contribution in [0.15, 0.2) is 42.8 Å². The van der Waals surface area contributed by atoms with Crippen molar-refractivity contribution in [3.05, 3.63) is 43.6 Å². The van der Waals surface area contributed by atoms with E-state index in [0.29, 0.717) is 19.7 Å². The number of rotatable bonds is 3. The van der Waals surface area contributed by atoms with Crippen LogP contribution in [0.2, 0.25) is 5.02 Å². The third-order valence-corrected chi connectivity index (χ3v) is 6.93. The Bertz CT molecular complexity index is 685. The predicted octanol–water partition coefficient (Wildman–Crippen LogP) is 4.73. The van der Waals surface area contributed by atoms with Crippen molar-refractivity contribution in [3.8, 4) is 0 Å². The van der Waals surface area contributed by atoms with Crippen molar-refractivity contribution in [3.63, 3.8) is 0 Å². The van der Waals surface area contributed by atoms with Crippen LogP contribution in [0.4, 0.5) is 5.69 Å². The number of halogens is 3. The first-order chi connectivity index (χ1) is 8.40. The van der Waals surface area contributed by atoms with E-state index in [2.05, 4.69) is 36.6 Å². The summed E-state index contributed by atoms with van der Waals surface area (Å²) in [6, 6.07) is 6.54. The predicted molar refractivity (Wildman–Crippen MR) is 82.0 cm³/mol. The number of anilines is 1. The Labute approximate surface area is 130 Å². The normalized spacial score (nSPS) is 11.5. The smallest absolute Gasteiger partial charge is 0.272 e. The molecule has 0 unspecified atom stereocenters. The Morgan fingerprint density at radius 3 is 2.44 bits per heavy atom. The molecular formula is C10H6Br2ClNO2S2. The maximum atomic E-state index is 12.1. The Kier molecular flexibility index (Phi) is 4.38. The fraction of sp³-hybridized carbons (Fsp3) is 0. The second kappa shape index (κ2) is 5.50. The van der Waals surface area contributed by atoms with Crippen LogP contribution in [-0.4, -0.2) is 8.42 Å². The quantitative estimate of drug-likeness (QED) is 0.764. The Morgan fingerprint density at radius 2 is 1.89 bits per heavy atom. The van der Waals surface area contributed by atoms with Crippen molar-refractivity contribution in [2.45, 2.75) is 4.21 Å². The van der Waals surface area contributed by atoms with Gasteiger partial charge >= 0.3 is 0 Å². The van der Waals surface area contributed by atoms with Gasteiger partial charge < -0.3 is 0 Å². The summed E-state index contributed by atoms with van der Waals surface area (Å²) >= 11 is 13.4. The van der Waals surface area contributed by atoms with Gasteiger partial charge in [0.15, 0.2) is 4.21 Å². The summed E-state index contributed by atoms with van der Waals surface area (Å²) in [5.41, 5.74) is 0.444. The molecule has 0 spiro atoms. The molecule has 2 rings (SSSR count).